The van der Waals surface area contributed by atoms with Crippen LogP contribution in [-0.4, -0.2) is 37.0 Å². The van der Waals surface area contributed by atoms with Crippen molar-refractivity contribution in [3.63, 3.8) is 0 Å². The van der Waals surface area contributed by atoms with Gasteiger partial charge in [0, 0.05) is 12.5 Å². The highest BCUT2D eigenvalue weighted by Gasteiger charge is 2.26. The number of esters is 1. The molecular formula is C18H24N2O4. The molecule has 1 aliphatic carbocycles. The number of methoxy groups -OCH3 is 1. The van der Waals surface area contributed by atoms with Gasteiger partial charge in [0.1, 0.15) is 6.04 Å². The molecule has 130 valence electrons. The summed E-state index contributed by atoms with van der Waals surface area (Å²) in [5.41, 5.74) is 0.876. The van der Waals surface area contributed by atoms with E-state index < -0.39 is 23.8 Å². The summed E-state index contributed by atoms with van der Waals surface area (Å²) in [5, 5.41) is 5.22. The summed E-state index contributed by atoms with van der Waals surface area (Å²) in [4.78, 5) is 36.0. The first-order valence-electron chi connectivity index (χ1n) is 8.33. The number of amides is 2. The first-order chi connectivity index (χ1) is 11.6. The lowest BCUT2D eigenvalue weighted by Gasteiger charge is -2.23. The Balaban J connectivity index is 1.93. The molecule has 1 atom stereocenters. The first kappa shape index (κ1) is 18.0. The second-order valence-electron chi connectivity index (χ2n) is 6.05. The van der Waals surface area contributed by atoms with Gasteiger partial charge in [0.05, 0.1) is 7.11 Å². The van der Waals surface area contributed by atoms with Crippen molar-refractivity contribution < 1.29 is 19.1 Å². The molecule has 1 saturated carbocycles. The molecule has 1 unspecified atom stereocenters. The van der Waals surface area contributed by atoms with Crippen LogP contribution in [0.5, 0.6) is 0 Å². The van der Waals surface area contributed by atoms with Crippen LogP contribution >= 0.6 is 0 Å². The van der Waals surface area contributed by atoms with Gasteiger partial charge in [-0.15, -0.1) is 0 Å². The normalized spacial score (nSPS) is 16.0. The average molecular weight is 332 g/mol. The number of hydrogen-bond donors (Lipinski definition) is 2. The second-order valence-corrected chi connectivity index (χ2v) is 6.05. The summed E-state index contributed by atoms with van der Waals surface area (Å²) in [7, 11) is 1.26. The van der Waals surface area contributed by atoms with Gasteiger partial charge >= 0.3 is 17.8 Å². The Hall–Kier alpha value is -2.37. The van der Waals surface area contributed by atoms with Crippen LogP contribution in [0.4, 0.5) is 0 Å². The maximum absolute atomic E-state index is 12.1. The van der Waals surface area contributed by atoms with Crippen molar-refractivity contribution in [1.82, 2.24) is 10.6 Å². The number of carbonyl (C=O) groups is 3. The van der Waals surface area contributed by atoms with E-state index in [0.29, 0.717) is 0 Å². The van der Waals surface area contributed by atoms with E-state index in [2.05, 4.69) is 10.6 Å². The quantitative estimate of drug-likeness (QED) is 0.629. The van der Waals surface area contributed by atoms with Gasteiger partial charge in [-0.25, -0.2) is 4.79 Å². The van der Waals surface area contributed by atoms with Crippen LogP contribution in [0.25, 0.3) is 0 Å². The van der Waals surface area contributed by atoms with Gasteiger partial charge in [-0.1, -0.05) is 49.6 Å². The minimum atomic E-state index is -0.887. The minimum Gasteiger partial charge on any atom is -0.467 e. The molecule has 0 bridgehead atoms. The number of hydrogen-bond acceptors (Lipinski definition) is 4. The van der Waals surface area contributed by atoms with Gasteiger partial charge in [-0.2, -0.15) is 0 Å². The smallest absolute Gasteiger partial charge is 0.328 e. The molecule has 0 radical (unpaired) electrons. The van der Waals surface area contributed by atoms with E-state index in [9.17, 15) is 14.4 Å². The van der Waals surface area contributed by atoms with E-state index in [0.717, 1.165) is 31.2 Å². The second kappa shape index (κ2) is 9.05. The summed E-state index contributed by atoms with van der Waals surface area (Å²) in [6.07, 6.45) is 5.35. The first-order valence-corrected chi connectivity index (χ1v) is 8.33. The Bertz CT molecular complexity index is 568. The number of ether oxygens (including phenoxy) is 1. The zero-order valence-corrected chi connectivity index (χ0v) is 13.9. The highest BCUT2D eigenvalue weighted by atomic mass is 16.5. The van der Waals surface area contributed by atoms with E-state index >= 15 is 0 Å². The summed E-state index contributed by atoms with van der Waals surface area (Å²) in [6.45, 7) is 0. The van der Waals surface area contributed by atoms with E-state index in [-0.39, 0.29) is 12.5 Å². The number of benzene rings is 1. The van der Waals surface area contributed by atoms with Crippen LogP contribution in [-0.2, 0) is 25.5 Å². The SMILES string of the molecule is COC(=O)C(Cc1ccccc1)NC(=O)C(=O)NC1CCCCC1. The van der Waals surface area contributed by atoms with Gasteiger partial charge in [0.2, 0.25) is 0 Å². The largest absolute Gasteiger partial charge is 0.467 e. The molecule has 0 aromatic heterocycles. The van der Waals surface area contributed by atoms with Crippen molar-refractivity contribution >= 4 is 17.8 Å². The maximum Gasteiger partial charge on any atom is 0.328 e. The molecule has 6 heteroatoms. The fraction of sp³-hybridized carbons (Fsp3) is 0.500. The molecule has 1 fully saturated rings. The van der Waals surface area contributed by atoms with Gasteiger partial charge in [0.25, 0.3) is 0 Å². The Kier molecular flexibility index (Phi) is 6.78. The van der Waals surface area contributed by atoms with E-state index in [1.807, 2.05) is 30.3 Å². The van der Waals surface area contributed by atoms with Crippen molar-refractivity contribution in [1.29, 1.82) is 0 Å². The molecule has 2 amide bonds. The predicted molar refractivity (Wildman–Crippen MR) is 89.1 cm³/mol. The lowest BCUT2D eigenvalue weighted by atomic mass is 9.95. The fourth-order valence-electron chi connectivity index (χ4n) is 2.91. The highest BCUT2D eigenvalue weighted by Crippen LogP contribution is 2.17. The summed E-state index contributed by atoms with van der Waals surface area (Å²) in [5.74, 6) is -2.06. The van der Waals surface area contributed by atoms with Crippen molar-refractivity contribution in [2.75, 3.05) is 7.11 Å². The Morgan fingerprint density at radius 2 is 1.75 bits per heavy atom. The zero-order chi connectivity index (χ0) is 17.4. The van der Waals surface area contributed by atoms with Gasteiger partial charge in [-0.3, -0.25) is 9.59 Å². The average Bonchev–Trinajstić information content (AvgIpc) is 2.62. The van der Waals surface area contributed by atoms with Crippen LogP contribution < -0.4 is 10.6 Å². The molecule has 0 saturated heterocycles. The molecule has 2 rings (SSSR count). The minimum absolute atomic E-state index is 0.0442. The van der Waals surface area contributed by atoms with Crippen molar-refractivity contribution in [2.24, 2.45) is 0 Å². The molecule has 0 aliphatic heterocycles. The molecule has 6 nitrogen and oxygen atoms in total. The summed E-state index contributed by atoms with van der Waals surface area (Å²) in [6, 6.07) is 8.42. The van der Waals surface area contributed by atoms with Crippen LogP contribution in [0.3, 0.4) is 0 Å². The monoisotopic (exact) mass is 332 g/mol. The highest BCUT2D eigenvalue weighted by molar-refractivity contribution is 6.35. The summed E-state index contributed by atoms with van der Waals surface area (Å²) >= 11 is 0. The Morgan fingerprint density at radius 1 is 1.08 bits per heavy atom. The standard InChI is InChI=1S/C18H24N2O4/c1-24-18(23)15(12-13-8-4-2-5-9-13)20-17(22)16(21)19-14-10-6-3-7-11-14/h2,4-5,8-9,14-15H,3,6-7,10-12H2,1H3,(H,19,21)(H,20,22). The molecule has 0 spiro atoms. The number of carbonyl (C=O) groups excluding carboxylic acids is 3. The molecule has 1 aliphatic rings. The zero-order valence-electron chi connectivity index (χ0n) is 13.9. The van der Waals surface area contributed by atoms with Crippen LogP contribution in [0.2, 0.25) is 0 Å². The lowest BCUT2D eigenvalue weighted by Crippen LogP contribution is -2.51. The van der Waals surface area contributed by atoms with E-state index in [1.165, 1.54) is 13.5 Å². The third kappa shape index (κ3) is 5.37. The topological polar surface area (TPSA) is 84.5 Å². The van der Waals surface area contributed by atoms with Crippen LogP contribution in [0.1, 0.15) is 37.7 Å². The van der Waals surface area contributed by atoms with Crippen LogP contribution in [0, 0.1) is 0 Å². The predicted octanol–water partition coefficient (Wildman–Crippen LogP) is 1.34. The number of nitrogens with one attached hydrogen (secondary N) is 2. The summed E-state index contributed by atoms with van der Waals surface area (Å²) < 4.78 is 4.73. The van der Waals surface area contributed by atoms with E-state index in [1.54, 1.807) is 0 Å². The molecule has 1 aromatic carbocycles. The molecule has 0 heterocycles. The van der Waals surface area contributed by atoms with Crippen LogP contribution in [0.15, 0.2) is 30.3 Å². The fourth-order valence-corrected chi connectivity index (χ4v) is 2.91. The van der Waals surface area contributed by atoms with Gasteiger partial charge in [-0.05, 0) is 18.4 Å². The third-order valence-corrected chi connectivity index (χ3v) is 4.22. The van der Waals surface area contributed by atoms with Crippen molar-refractivity contribution in [2.45, 2.75) is 50.6 Å². The maximum atomic E-state index is 12.1. The molecule has 1 aromatic rings. The van der Waals surface area contributed by atoms with E-state index in [4.69, 9.17) is 4.74 Å². The molecule has 24 heavy (non-hydrogen) atoms. The van der Waals surface area contributed by atoms with Crippen molar-refractivity contribution in [3.05, 3.63) is 35.9 Å². The Morgan fingerprint density at radius 3 is 2.38 bits per heavy atom. The Labute approximate surface area is 142 Å². The van der Waals surface area contributed by atoms with Crippen molar-refractivity contribution in [3.8, 4) is 0 Å². The third-order valence-electron chi connectivity index (χ3n) is 4.22. The molecular weight excluding hydrogens is 308 g/mol. The molecule has 2 N–H and O–H groups in total. The van der Waals surface area contributed by atoms with Gasteiger partial charge in [0.15, 0.2) is 0 Å². The van der Waals surface area contributed by atoms with Gasteiger partial charge < -0.3 is 15.4 Å². The lowest BCUT2D eigenvalue weighted by molar-refractivity contribution is -0.147. The number of rotatable bonds is 5.